The Kier molecular flexibility index (Phi) is 6.17. The molecule has 1 atom stereocenters. The maximum atomic E-state index is 12.6. The van der Waals surface area contributed by atoms with Crippen molar-refractivity contribution in [1.29, 1.82) is 0 Å². The van der Waals surface area contributed by atoms with Gasteiger partial charge in [0, 0.05) is 33.2 Å². The average molecular weight is 357 g/mol. The molecule has 2 aliphatic rings. The molecule has 0 bridgehead atoms. The van der Waals surface area contributed by atoms with Crippen molar-refractivity contribution in [2.45, 2.75) is 39.7 Å². The van der Waals surface area contributed by atoms with E-state index in [1.165, 1.54) is 24.0 Å². The van der Waals surface area contributed by atoms with Gasteiger partial charge in [-0.2, -0.15) is 0 Å². The normalized spacial score (nSPS) is 20.5. The largest absolute Gasteiger partial charge is 0.347 e. The van der Waals surface area contributed by atoms with Gasteiger partial charge in [-0.15, -0.1) is 0 Å². The summed E-state index contributed by atoms with van der Waals surface area (Å²) in [5.41, 5.74) is 2.64. The first kappa shape index (κ1) is 18.7. The molecule has 0 radical (unpaired) electrons. The van der Waals surface area contributed by atoms with Gasteiger partial charge >= 0.3 is 0 Å². The van der Waals surface area contributed by atoms with Gasteiger partial charge in [0.15, 0.2) is 5.96 Å². The summed E-state index contributed by atoms with van der Waals surface area (Å²) in [7, 11) is 1.81. The van der Waals surface area contributed by atoms with Gasteiger partial charge in [0.2, 0.25) is 5.91 Å². The molecule has 0 spiro atoms. The summed E-state index contributed by atoms with van der Waals surface area (Å²) >= 11 is 0. The average Bonchev–Trinajstić information content (AvgIpc) is 3.09. The van der Waals surface area contributed by atoms with Crippen LogP contribution in [-0.4, -0.2) is 54.9 Å². The Hall–Kier alpha value is -2.04. The number of hydrogen-bond acceptors (Lipinski definition) is 2. The molecule has 0 aliphatic carbocycles. The third kappa shape index (κ3) is 4.57. The number of nitrogens with zero attached hydrogens (tertiary/aromatic N) is 3. The predicted molar refractivity (Wildman–Crippen MR) is 106 cm³/mol. The number of carbonyl (C=O) groups is 1. The summed E-state index contributed by atoms with van der Waals surface area (Å²) in [5.74, 6) is 2.49. The topological polar surface area (TPSA) is 47.9 Å². The predicted octanol–water partition coefficient (Wildman–Crippen LogP) is 2.51. The van der Waals surface area contributed by atoms with Crippen LogP contribution in [-0.2, 0) is 17.8 Å². The van der Waals surface area contributed by atoms with Crippen LogP contribution in [0.25, 0.3) is 0 Å². The maximum Gasteiger partial charge on any atom is 0.242 e. The van der Waals surface area contributed by atoms with Crippen LogP contribution in [0.4, 0.5) is 0 Å². The van der Waals surface area contributed by atoms with Crippen LogP contribution in [0.2, 0.25) is 0 Å². The lowest BCUT2D eigenvalue weighted by molar-refractivity contribution is -0.130. The SMILES string of the molecule is CN=C(NCC(=O)N1CCc2ccccc2C1)N1CCC(CC(C)C)C1. The number of amides is 1. The summed E-state index contributed by atoms with van der Waals surface area (Å²) in [5, 5.41) is 3.29. The lowest BCUT2D eigenvalue weighted by atomic mass is 9.97. The second-order valence-electron chi connectivity index (χ2n) is 7.97. The Morgan fingerprint density at radius 3 is 2.73 bits per heavy atom. The van der Waals surface area contributed by atoms with Crippen LogP contribution < -0.4 is 5.32 Å². The maximum absolute atomic E-state index is 12.6. The Labute approximate surface area is 157 Å². The standard InChI is InChI=1S/C21H32N4O/c1-16(2)12-17-8-10-25(14-17)21(22-3)23-13-20(26)24-11-9-18-6-4-5-7-19(18)15-24/h4-7,16-17H,8-15H2,1-3H3,(H,22,23). The van der Waals surface area contributed by atoms with Crippen LogP contribution in [0.5, 0.6) is 0 Å². The number of fused-ring (bicyclic) bond motifs is 1. The second-order valence-corrected chi connectivity index (χ2v) is 7.97. The fraction of sp³-hybridized carbons (Fsp3) is 0.619. The molecule has 2 heterocycles. The van der Waals surface area contributed by atoms with E-state index in [0.717, 1.165) is 50.4 Å². The van der Waals surface area contributed by atoms with Crippen molar-refractivity contribution >= 4 is 11.9 Å². The van der Waals surface area contributed by atoms with Gasteiger partial charge in [0.25, 0.3) is 0 Å². The van der Waals surface area contributed by atoms with Crippen molar-refractivity contribution in [2.75, 3.05) is 33.2 Å². The van der Waals surface area contributed by atoms with Crippen LogP contribution in [0, 0.1) is 11.8 Å². The lowest BCUT2D eigenvalue weighted by Gasteiger charge is -2.29. The highest BCUT2D eigenvalue weighted by Crippen LogP contribution is 2.23. The molecule has 1 saturated heterocycles. The Morgan fingerprint density at radius 1 is 1.23 bits per heavy atom. The van der Waals surface area contributed by atoms with E-state index in [2.05, 4.69) is 47.3 Å². The van der Waals surface area contributed by atoms with Crippen molar-refractivity contribution in [3.8, 4) is 0 Å². The molecule has 1 amide bonds. The zero-order chi connectivity index (χ0) is 18.5. The van der Waals surface area contributed by atoms with Crippen molar-refractivity contribution in [3.05, 3.63) is 35.4 Å². The minimum atomic E-state index is 0.151. The van der Waals surface area contributed by atoms with E-state index in [1.807, 2.05) is 11.0 Å². The molecule has 2 aliphatic heterocycles. The minimum Gasteiger partial charge on any atom is -0.347 e. The number of likely N-dealkylation sites (tertiary alicyclic amines) is 1. The summed E-state index contributed by atoms with van der Waals surface area (Å²) in [4.78, 5) is 21.3. The molecule has 5 heteroatoms. The third-order valence-electron chi connectivity index (χ3n) is 5.48. The van der Waals surface area contributed by atoms with Crippen molar-refractivity contribution in [2.24, 2.45) is 16.8 Å². The van der Waals surface area contributed by atoms with Gasteiger partial charge in [-0.1, -0.05) is 38.1 Å². The Bertz CT molecular complexity index is 655. The number of carbonyl (C=O) groups excluding carboxylic acids is 1. The number of nitrogens with one attached hydrogen (secondary N) is 1. The smallest absolute Gasteiger partial charge is 0.242 e. The highest BCUT2D eigenvalue weighted by molar-refractivity contribution is 5.86. The first-order valence-corrected chi connectivity index (χ1v) is 9.87. The Balaban J connectivity index is 1.49. The third-order valence-corrected chi connectivity index (χ3v) is 5.48. The molecule has 142 valence electrons. The summed E-state index contributed by atoms with van der Waals surface area (Å²) in [6, 6.07) is 8.41. The molecular formula is C21H32N4O. The van der Waals surface area contributed by atoms with E-state index in [-0.39, 0.29) is 5.91 Å². The summed E-state index contributed by atoms with van der Waals surface area (Å²) in [6.07, 6.45) is 3.43. The number of benzene rings is 1. The van der Waals surface area contributed by atoms with Gasteiger partial charge in [0.1, 0.15) is 0 Å². The molecule has 1 aromatic carbocycles. The lowest BCUT2D eigenvalue weighted by Crippen LogP contribution is -2.46. The first-order chi connectivity index (χ1) is 12.6. The molecular weight excluding hydrogens is 324 g/mol. The van der Waals surface area contributed by atoms with Crippen molar-refractivity contribution in [3.63, 3.8) is 0 Å². The Morgan fingerprint density at radius 2 is 2.00 bits per heavy atom. The minimum absolute atomic E-state index is 0.151. The summed E-state index contributed by atoms with van der Waals surface area (Å²) < 4.78 is 0. The van der Waals surface area contributed by atoms with E-state index in [4.69, 9.17) is 0 Å². The monoisotopic (exact) mass is 356 g/mol. The second kappa shape index (κ2) is 8.56. The van der Waals surface area contributed by atoms with Gasteiger partial charge in [-0.05, 0) is 42.2 Å². The molecule has 3 rings (SSSR count). The van der Waals surface area contributed by atoms with E-state index in [0.29, 0.717) is 6.54 Å². The van der Waals surface area contributed by atoms with Crippen LogP contribution in [0.15, 0.2) is 29.3 Å². The van der Waals surface area contributed by atoms with Gasteiger partial charge in [-0.3, -0.25) is 9.79 Å². The molecule has 1 aromatic rings. The van der Waals surface area contributed by atoms with E-state index >= 15 is 0 Å². The van der Waals surface area contributed by atoms with Gasteiger partial charge < -0.3 is 15.1 Å². The molecule has 0 aromatic heterocycles. The zero-order valence-corrected chi connectivity index (χ0v) is 16.4. The van der Waals surface area contributed by atoms with Crippen molar-refractivity contribution < 1.29 is 4.79 Å². The zero-order valence-electron chi connectivity index (χ0n) is 16.4. The molecule has 1 fully saturated rings. The van der Waals surface area contributed by atoms with Crippen LogP contribution >= 0.6 is 0 Å². The number of hydrogen-bond donors (Lipinski definition) is 1. The number of guanidine groups is 1. The van der Waals surface area contributed by atoms with Crippen LogP contribution in [0.1, 0.15) is 37.8 Å². The van der Waals surface area contributed by atoms with Gasteiger partial charge in [-0.25, -0.2) is 0 Å². The van der Waals surface area contributed by atoms with Crippen molar-refractivity contribution in [1.82, 2.24) is 15.1 Å². The molecule has 26 heavy (non-hydrogen) atoms. The first-order valence-electron chi connectivity index (χ1n) is 9.87. The highest BCUT2D eigenvalue weighted by atomic mass is 16.2. The number of aliphatic imine (C=N–C) groups is 1. The van der Waals surface area contributed by atoms with Gasteiger partial charge in [0.05, 0.1) is 6.54 Å². The van der Waals surface area contributed by atoms with E-state index in [1.54, 1.807) is 7.05 Å². The fourth-order valence-electron chi connectivity index (χ4n) is 4.19. The van der Waals surface area contributed by atoms with E-state index in [9.17, 15) is 4.79 Å². The number of rotatable bonds is 4. The quantitative estimate of drug-likeness (QED) is 0.666. The molecule has 1 unspecified atom stereocenters. The molecule has 1 N–H and O–H groups in total. The van der Waals surface area contributed by atoms with E-state index < -0.39 is 0 Å². The molecule has 0 saturated carbocycles. The van der Waals surface area contributed by atoms with Crippen LogP contribution in [0.3, 0.4) is 0 Å². The molecule has 5 nitrogen and oxygen atoms in total. The fourth-order valence-corrected chi connectivity index (χ4v) is 4.19. The summed E-state index contributed by atoms with van der Waals surface area (Å²) in [6.45, 7) is 8.48. The highest BCUT2D eigenvalue weighted by Gasteiger charge is 2.26.